The van der Waals surface area contributed by atoms with Crippen LogP contribution in [0.3, 0.4) is 0 Å². The van der Waals surface area contributed by atoms with E-state index < -0.39 is 6.04 Å². The molecule has 0 saturated carbocycles. The number of nitrogens with zero attached hydrogens (tertiary/aromatic N) is 1. The van der Waals surface area contributed by atoms with E-state index in [9.17, 15) is 9.59 Å². The Bertz CT molecular complexity index is 832. The third-order valence-electron chi connectivity index (χ3n) is 4.97. The van der Waals surface area contributed by atoms with Crippen LogP contribution in [-0.2, 0) is 16.0 Å². The summed E-state index contributed by atoms with van der Waals surface area (Å²) in [6.07, 6.45) is 1.52. The first kappa shape index (κ1) is 23.9. The minimum Gasteiger partial charge on any atom is -0.484 e. The third kappa shape index (κ3) is 6.87. The van der Waals surface area contributed by atoms with E-state index in [0.29, 0.717) is 25.3 Å². The van der Waals surface area contributed by atoms with Crippen molar-refractivity contribution in [3.05, 3.63) is 63.6 Å². The Morgan fingerprint density at radius 3 is 2.37 bits per heavy atom. The first-order valence-electron chi connectivity index (χ1n) is 10.3. The van der Waals surface area contributed by atoms with Gasteiger partial charge in [-0.25, -0.2) is 0 Å². The van der Waals surface area contributed by atoms with E-state index in [-0.39, 0.29) is 18.4 Å². The fourth-order valence-electron chi connectivity index (χ4n) is 3.18. The minimum absolute atomic E-state index is 0.110. The van der Waals surface area contributed by atoms with Gasteiger partial charge in [-0.15, -0.1) is 0 Å². The monoisotopic (exact) mass is 474 g/mol. The van der Waals surface area contributed by atoms with Gasteiger partial charge in [-0.3, -0.25) is 9.59 Å². The molecule has 0 radical (unpaired) electrons. The standard InChI is InChI=1S/C24H31BrN2O3/c1-5-12-26-24(29)19(4)27(13-11-20-9-7-6-8-10-20)22(28)16-30-21-14-17(2)23(25)18(3)15-21/h6-10,14-15,19H,5,11-13,16H2,1-4H3,(H,26,29)/t19-/m0/s1. The van der Waals surface area contributed by atoms with E-state index in [1.807, 2.05) is 63.2 Å². The van der Waals surface area contributed by atoms with Gasteiger partial charge in [-0.2, -0.15) is 0 Å². The van der Waals surface area contributed by atoms with Crippen LogP contribution in [0.1, 0.15) is 37.0 Å². The molecule has 162 valence electrons. The predicted octanol–water partition coefficient (Wildman–Crippen LogP) is 4.43. The zero-order chi connectivity index (χ0) is 22.1. The van der Waals surface area contributed by atoms with Crippen LogP contribution in [0.2, 0.25) is 0 Å². The lowest BCUT2D eigenvalue weighted by atomic mass is 10.1. The zero-order valence-corrected chi connectivity index (χ0v) is 19.8. The van der Waals surface area contributed by atoms with Crippen molar-refractivity contribution in [2.75, 3.05) is 19.7 Å². The van der Waals surface area contributed by atoms with Gasteiger partial charge in [0.15, 0.2) is 6.61 Å². The second kappa shape index (κ2) is 11.7. The first-order valence-corrected chi connectivity index (χ1v) is 11.1. The van der Waals surface area contributed by atoms with Gasteiger partial charge in [0.05, 0.1) is 0 Å². The zero-order valence-electron chi connectivity index (χ0n) is 18.2. The van der Waals surface area contributed by atoms with Gasteiger partial charge in [-0.05, 0) is 62.4 Å². The van der Waals surface area contributed by atoms with Gasteiger partial charge >= 0.3 is 0 Å². The third-order valence-corrected chi connectivity index (χ3v) is 6.22. The molecule has 0 aromatic heterocycles. The molecule has 1 N–H and O–H groups in total. The molecule has 2 amide bonds. The number of benzene rings is 2. The van der Waals surface area contributed by atoms with E-state index in [0.717, 1.165) is 27.6 Å². The molecule has 0 heterocycles. The summed E-state index contributed by atoms with van der Waals surface area (Å²) < 4.78 is 6.82. The smallest absolute Gasteiger partial charge is 0.261 e. The molecule has 2 aromatic rings. The van der Waals surface area contributed by atoms with Crippen molar-refractivity contribution in [3.63, 3.8) is 0 Å². The quantitative estimate of drug-likeness (QED) is 0.553. The first-order chi connectivity index (χ1) is 14.3. The molecule has 0 aliphatic carbocycles. The van der Waals surface area contributed by atoms with Gasteiger partial charge in [0.1, 0.15) is 11.8 Å². The molecule has 0 unspecified atom stereocenters. The van der Waals surface area contributed by atoms with Crippen LogP contribution in [0.15, 0.2) is 46.9 Å². The molecule has 2 aromatic carbocycles. The van der Waals surface area contributed by atoms with E-state index in [2.05, 4.69) is 21.2 Å². The van der Waals surface area contributed by atoms with Gasteiger partial charge < -0.3 is 15.0 Å². The van der Waals surface area contributed by atoms with Crippen LogP contribution < -0.4 is 10.1 Å². The Morgan fingerprint density at radius 2 is 1.77 bits per heavy atom. The number of carbonyl (C=O) groups is 2. The largest absolute Gasteiger partial charge is 0.484 e. The molecule has 0 aliphatic rings. The summed E-state index contributed by atoms with van der Waals surface area (Å²) >= 11 is 3.54. The Labute approximate surface area is 187 Å². The second-order valence-corrected chi connectivity index (χ2v) is 8.24. The number of hydrogen-bond donors (Lipinski definition) is 1. The van der Waals surface area contributed by atoms with Crippen LogP contribution in [0.5, 0.6) is 5.75 Å². The summed E-state index contributed by atoms with van der Waals surface area (Å²) in [7, 11) is 0. The van der Waals surface area contributed by atoms with Gasteiger partial charge in [0, 0.05) is 17.6 Å². The molecule has 0 fully saturated rings. The maximum atomic E-state index is 13.0. The van der Waals surface area contributed by atoms with E-state index in [1.54, 1.807) is 11.8 Å². The molecule has 5 nitrogen and oxygen atoms in total. The highest BCUT2D eigenvalue weighted by atomic mass is 79.9. The van der Waals surface area contributed by atoms with Crippen LogP contribution in [-0.4, -0.2) is 42.5 Å². The lowest BCUT2D eigenvalue weighted by Gasteiger charge is -2.28. The molecule has 2 rings (SSSR count). The summed E-state index contributed by atoms with van der Waals surface area (Å²) in [5.41, 5.74) is 3.22. The molecule has 1 atom stereocenters. The summed E-state index contributed by atoms with van der Waals surface area (Å²) in [4.78, 5) is 27.1. The average molecular weight is 475 g/mol. The molecule has 0 saturated heterocycles. The number of ether oxygens (including phenoxy) is 1. The second-order valence-electron chi connectivity index (χ2n) is 7.45. The lowest BCUT2D eigenvalue weighted by molar-refractivity contribution is -0.141. The summed E-state index contributed by atoms with van der Waals surface area (Å²) in [6, 6.07) is 13.2. The number of hydrogen-bond acceptors (Lipinski definition) is 3. The molecule has 0 bridgehead atoms. The Morgan fingerprint density at radius 1 is 1.13 bits per heavy atom. The summed E-state index contributed by atoms with van der Waals surface area (Å²) in [5, 5.41) is 2.88. The Balaban J connectivity index is 2.09. The summed E-state index contributed by atoms with van der Waals surface area (Å²) in [5.74, 6) is 0.296. The van der Waals surface area contributed by atoms with Gasteiger partial charge in [0.2, 0.25) is 5.91 Å². The summed E-state index contributed by atoms with van der Waals surface area (Å²) in [6.45, 7) is 8.67. The molecular weight excluding hydrogens is 444 g/mol. The van der Waals surface area contributed by atoms with Crippen LogP contribution in [0.25, 0.3) is 0 Å². The number of halogens is 1. The van der Waals surface area contributed by atoms with Gasteiger partial charge in [0.25, 0.3) is 5.91 Å². The topological polar surface area (TPSA) is 58.6 Å². The number of rotatable bonds is 10. The SMILES string of the molecule is CCCNC(=O)[C@H](C)N(CCc1ccccc1)C(=O)COc1cc(C)c(Br)c(C)c1. The van der Waals surface area contributed by atoms with Gasteiger partial charge in [-0.1, -0.05) is 53.2 Å². The van der Waals surface area contributed by atoms with E-state index in [4.69, 9.17) is 4.74 Å². The van der Waals surface area contributed by atoms with E-state index >= 15 is 0 Å². The van der Waals surface area contributed by atoms with Crippen molar-refractivity contribution in [2.45, 2.75) is 46.6 Å². The highest BCUT2D eigenvalue weighted by Crippen LogP contribution is 2.26. The molecule has 0 aliphatic heterocycles. The maximum Gasteiger partial charge on any atom is 0.261 e. The Kier molecular flexibility index (Phi) is 9.37. The lowest BCUT2D eigenvalue weighted by Crippen LogP contribution is -2.50. The molecular formula is C24H31BrN2O3. The number of carbonyl (C=O) groups excluding carboxylic acids is 2. The van der Waals surface area contributed by atoms with E-state index in [1.165, 1.54) is 0 Å². The van der Waals surface area contributed by atoms with Crippen molar-refractivity contribution in [1.29, 1.82) is 0 Å². The normalized spacial score (nSPS) is 11.6. The van der Waals surface area contributed by atoms with Crippen LogP contribution in [0, 0.1) is 13.8 Å². The predicted molar refractivity (Wildman–Crippen MR) is 124 cm³/mol. The van der Waals surface area contributed by atoms with Crippen molar-refractivity contribution in [3.8, 4) is 5.75 Å². The van der Waals surface area contributed by atoms with Crippen LogP contribution >= 0.6 is 15.9 Å². The number of amides is 2. The fraction of sp³-hybridized carbons (Fsp3) is 0.417. The average Bonchev–Trinajstić information content (AvgIpc) is 2.74. The highest BCUT2D eigenvalue weighted by Gasteiger charge is 2.26. The minimum atomic E-state index is -0.565. The maximum absolute atomic E-state index is 13.0. The molecule has 0 spiro atoms. The van der Waals surface area contributed by atoms with Crippen molar-refractivity contribution in [2.24, 2.45) is 0 Å². The fourth-order valence-corrected chi connectivity index (χ4v) is 3.41. The van der Waals surface area contributed by atoms with Crippen LogP contribution in [0.4, 0.5) is 0 Å². The highest BCUT2D eigenvalue weighted by molar-refractivity contribution is 9.10. The number of nitrogens with one attached hydrogen (secondary N) is 1. The van der Waals surface area contributed by atoms with Crippen molar-refractivity contribution < 1.29 is 14.3 Å². The molecule has 30 heavy (non-hydrogen) atoms. The van der Waals surface area contributed by atoms with Crippen molar-refractivity contribution in [1.82, 2.24) is 10.2 Å². The number of aryl methyl sites for hydroxylation is 2. The molecule has 6 heteroatoms. The Hall–Kier alpha value is -2.34. The van der Waals surface area contributed by atoms with Crippen molar-refractivity contribution >= 4 is 27.7 Å².